The summed E-state index contributed by atoms with van der Waals surface area (Å²) in [6, 6.07) is 0. The number of rotatable bonds is 1. The van der Waals surface area contributed by atoms with Crippen LogP contribution in [0.15, 0.2) is 0 Å². The number of thioether (sulfide) groups is 1. The predicted molar refractivity (Wildman–Crippen MR) is 44.2 cm³/mol. The van der Waals surface area contributed by atoms with E-state index < -0.39 is 0 Å². The fourth-order valence-electron chi connectivity index (χ4n) is 1.22. The van der Waals surface area contributed by atoms with E-state index in [0.29, 0.717) is 0 Å². The molecule has 0 saturated carbocycles. The molecule has 10 heavy (non-hydrogen) atoms. The summed E-state index contributed by atoms with van der Waals surface area (Å²) >= 11 is 1.77. The summed E-state index contributed by atoms with van der Waals surface area (Å²) in [7, 11) is 1.70. The Labute approximate surface area is 65.8 Å². The van der Waals surface area contributed by atoms with Crippen LogP contribution in [0.5, 0.6) is 0 Å². The van der Waals surface area contributed by atoms with Gasteiger partial charge in [-0.3, -0.25) is 4.79 Å². The van der Waals surface area contributed by atoms with Gasteiger partial charge in [0.25, 0.3) is 0 Å². The Morgan fingerprint density at radius 1 is 1.70 bits per heavy atom. The minimum Gasteiger partial charge on any atom is -0.358 e. The molecule has 1 unspecified atom stereocenters. The molecule has 0 spiro atoms. The monoisotopic (exact) mass is 159 g/mol. The van der Waals surface area contributed by atoms with Crippen molar-refractivity contribution < 1.29 is 4.79 Å². The van der Waals surface area contributed by atoms with Gasteiger partial charge in [-0.05, 0) is 25.5 Å². The molecule has 1 aliphatic heterocycles. The molecular weight excluding hydrogens is 146 g/mol. The van der Waals surface area contributed by atoms with Gasteiger partial charge in [0.05, 0.1) is 4.75 Å². The molecule has 1 aliphatic rings. The Morgan fingerprint density at radius 2 is 2.40 bits per heavy atom. The van der Waals surface area contributed by atoms with Crippen LogP contribution >= 0.6 is 11.8 Å². The van der Waals surface area contributed by atoms with Gasteiger partial charge >= 0.3 is 0 Å². The highest BCUT2D eigenvalue weighted by Gasteiger charge is 2.36. The van der Waals surface area contributed by atoms with Gasteiger partial charge < -0.3 is 5.32 Å². The Balaban J connectivity index is 2.58. The van der Waals surface area contributed by atoms with E-state index in [0.717, 1.165) is 12.2 Å². The topological polar surface area (TPSA) is 29.1 Å². The molecule has 0 aromatic heterocycles. The summed E-state index contributed by atoms with van der Waals surface area (Å²) < 4.78 is -0.130. The van der Waals surface area contributed by atoms with Gasteiger partial charge in [0.15, 0.2) is 0 Å². The minimum atomic E-state index is -0.130. The van der Waals surface area contributed by atoms with Gasteiger partial charge in [0, 0.05) is 7.05 Å². The highest BCUT2D eigenvalue weighted by molar-refractivity contribution is 8.01. The zero-order valence-electron chi connectivity index (χ0n) is 6.44. The predicted octanol–water partition coefficient (Wildman–Crippen LogP) is 1.02. The Morgan fingerprint density at radius 3 is 2.80 bits per heavy atom. The summed E-state index contributed by atoms with van der Waals surface area (Å²) in [4.78, 5) is 11.2. The van der Waals surface area contributed by atoms with Crippen LogP contribution in [0.25, 0.3) is 0 Å². The standard InChI is InChI=1S/C7H13NOS/c1-7(6(9)8-2)4-3-5-10-7/h3-5H2,1-2H3,(H,8,9). The van der Waals surface area contributed by atoms with Crippen molar-refractivity contribution >= 4 is 17.7 Å². The van der Waals surface area contributed by atoms with Crippen molar-refractivity contribution in [2.24, 2.45) is 0 Å². The van der Waals surface area contributed by atoms with E-state index in [4.69, 9.17) is 0 Å². The third kappa shape index (κ3) is 1.29. The van der Waals surface area contributed by atoms with Crippen LogP contribution in [-0.2, 0) is 4.79 Å². The fourth-order valence-corrected chi connectivity index (χ4v) is 2.48. The summed E-state index contributed by atoms with van der Waals surface area (Å²) in [6.45, 7) is 2.02. The molecule has 1 amide bonds. The number of amides is 1. The molecule has 0 aromatic rings. The summed E-state index contributed by atoms with van der Waals surface area (Å²) in [5, 5.41) is 2.69. The molecule has 0 aromatic carbocycles. The van der Waals surface area contributed by atoms with Crippen molar-refractivity contribution in [3.63, 3.8) is 0 Å². The maximum Gasteiger partial charge on any atom is 0.235 e. The summed E-state index contributed by atoms with van der Waals surface area (Å²) in [5.74, 6) is 1.30. The number of hydrogen-bond acceptors (Lipinski definition) is 2. The number of nitrogens with one attached hydrogen (secondary N) is 1. The second-order valence-electron chi connectivity index (χ2n) is 2.76. The van der Waals surface area contributed by atoms with Crippen LogP contribution in [0.1, 0.15) is 19.8 Å². The average Bonchev–Trinajstić information content (AvgIpc) is 2.36. The Hall–Kier alpha value is -0.180. The quantitative estimate of drug-likeness (QED) is 0.619. The molecule has 0 bridgehead atoms. The fraction of sp³-hybridized carbons (Fsp3) is 0.857. The molecule has 3 heteroatoms. The maximum absolute atomic E-state index is 11.2. The van der Waals surface area contributed by atoms with E-state index in [-0.39, 0.29) is 10.7 Å². The van der Waals surface area contributed by atoms with Crippen LogP contribution < -0.4 is 5.32 Å². The molecule has 1 rings (SSSR count). The lowest BCUT2D eigenvalue weighted by Crippen LogP contribution is -2.38. The Kier molecular flexibility index (Phi) is 2.24. The van der Waals surface area contributed by atoms with E-state index in [1.807, 2.05) is 6.92 Å². The largest absolute Gasteiger partial charge is 0.358 e. The first-order chi connectivity index (χ1) is 4.69. The number of hydrogen-bond donors (Lipinski definition) is 1. The first-order valence-corrected chi connectivity index (χ1v) is 4.54. The number of carbonyl (C=O) groups is 1. The van der Waals surface area contributed by atoms with Gasteiger partial charge in [0.2, 0.25) is 5.91 Å². The molecule has 2 nitrogen and oxygen atoms in total. The van der Waals surface area contributed by atoms with Crippen LogP contribution in [0.2, 0.25) is 0 Å². The molecule has 1 atom stereocenters. The van der Waals surface area contributed by atoms with Crippen LogP contribution in [0.3, 0.4) is 0 Å². The lowest BCUT2D eigenvalue weighted by molar-refractivity contribution is -0.122. The van der Waals surface area contributed by atoms with Crippen molar-refractivity contribution in [2.75, 3.05) is 12.8 Å². The van der Waals surface area contributed by atoms with Crippen LogP contribution in [0, 0.1) is 0 Å². The van der Waals surface area contributed by atoms with Gasteiger partial charge in [0.1, 0.15) is 0 Å². The molecule has 1 saturated heterocycles. The minimum absolute atomic E-state index is 0.130. The third-order valence-electron chi connectivity index (χ3n) is 1.93. The van der Waals surface area contributed by atoms with Crippen molar-refractivity contribution in [3.8, 4) is 0 Å². The normalized spacial score (nSPS) is 32.2. The average molecular weight is 159 g/mol. The molecular formula is C7H13NOS. The lowest BCUT2D eigenvalue weighted by Gasteiger charge is -2.19. The van der Waals surface area contributed by atoms with Gasteiger partial charge in [-0.2, -0.15) is 0 Å². The Bertz CT molecular complexity index is 141. The first kappa shape index (κ1) is 7.92. The SMILES string of the molecule is CNC(=O)C1(C)CCCS1. The summed E-state index contributed by atoms with van der Waals surface area (Å²) in [6.07, 6.45) is 2.20. The highest BCUT2D eigenvalue weighted by atomic mass is 32.2. The van der Waals surface area contributed by atoms with Crippen molar-refractivity contribution in [3.05, 3.63) is 0 Å². The highest BCUT2D eigenvalue weighted by Crippen LogP contribution is 2.37. The van der Waals surface area contributed by atoms with Gasteiger partial charge in [-0.25, -0.2) is 0 Å². The summed E-state index contributed by atoms with van der Waals surface area (Å²) in [5.41, 5.74) is 0. The molecule has 0 radical (unpaired) electrons. The van der Waals surface area contributed by atoms with E-state index >= 15 is 0 Å². The second-order valence-corrected chi connectivity index (χ2v) is 4.36. The smallest absolute Gasteiger partial charge is 0.235 e. The van der Waals surface area contributed by atoms with Gasteiger partial charge in [-0.1, -0.05) is 0 Å². The number of carbonyl (C=O) groups excluding carboxylic acids is 1. The van der Waals surface area contributed by atoms with Crippen molar-refractivity contribution in [2.45, 2.75) is 24.5 Å². The second kappa shape index (κ2) is 2.82. The molecule has 1 fully saturated rings. The van der Waals surface area contributed by atoms with Crippen LogP contribution in [0.4, 0.5) is 0 Å². The maximum atomic E-state index is 11.2. The van der Waals surface area contributed by atoms with E-state index in [2.05, 4.69) is 5.32 Å². The van der Waals surface area contributed by atoms with E-state index in [9.17, 15) is 4.79 Å². The lowest BCUT2D eigenvalue weighted by atomic mass is 10.1. The third-order valence-corrected chi connectivity index (χ3v) is 3.45. The van der Waals surface area contributed by atoms with E-state index in [1.165, 1.54) is 6.42 Å². The molecule has 0 aliphatic carbocycles. The van der Waals surface area contributed by atoms with E-state index in [1.54, 1.807) is 18.8 Å². The molecule has 58 valence electrons. The van der Waals surface area contributed by atoms with Crippen LogP contribution in [-0.4, -0.2) is 23.5 Å². The zero-order valence-corrected chi connectivity index (χ0v) is 7.25. The zero-order chi connectivity index (χ0) is 7.61. The first-order valence-electron chi connectivity index (χ1n) is 3.55. The van der Waals surface area contributed by atoms with Crippen molar-refractivity contribution in [1.82, 2.24) is 5.32 Å². The van der Waals surface area contributed by atoms with Gasteiger partial charge in [-0.15, -0.1) is 11.8 Å². The molecule has 1 N–H and O–H groups in total. The van der Waals surface area contributed by atoms with Crippen molar-refractivity contribution in [1.29, 1.82) is 0 Å². The molecule has 1 heterocycles.